The van der Waals surface area contributed by atoms with Crippen LogP contribution < -0.4 is 9.64 Å². The van der Waals surface area contributed by atoms with Crippen molar-refractivity contribution in [1.29, 1.82) is 0 Å². The molecule has 0 spiro atoms. The highest BCUT2D eigenvalue weighted by Crippen LogP contribution is 2.38. The van der Waals surface area contributed by atoms with Crippen molar-refractivity contribution in [2.75, 3.05) is 4.90 Å². The quantitative estimate of drug-likeness (QED) is 0.235. The predicted molar refractivity (Wildman–Crippen MR) is 150 cm³/mol. The summed E-state index contributed by atoms with van der Waals surface area (Å²) >= 11 is 13.6. The number of hydrogen-bond donors (Lipinski definition) is 0. The summed E-state index contributed by atoms with van der Waals surface area (Å²) < 4.78 is 6.09. The second-order valence-corrected chi connectivity index (χ2v) is 9.73. The van der Waals surface area contributed by atoms with Crippen LogP contribution in [-0.2, 0) is 11.4 Å². The molecule has 1 heterocycles. The van der Waals surface area contributed by atoms with E-state index in [1.165, 1.54) is 11.8 Å². The Labute approximate surface area is 223 Å². The summed E-state index contributed by atoms with van der Waals surface area (Å²) in [6.45, 7) is 0.272. The van der Waals surface area contributed by atoms with Crippen molar-refractivity contribution < 1.29 is 9.53 Å². The molecule has 0 saturated carbocycles. The van der Waals surface area contributed by atoms with E-state index < -0.39 is 0 Å². The maximum Gasteiger partial charge on any atom is 0.271 e. The SMILES string of the molecule is O=C1C(=Cc2ccccc2OCc2ccc(Cl)cc2Cl)SC(=Nc2ccccc2)N1c1ccccc1. The van der Waals surface area contributed by atoms with Gasteiger partial charge in [-0.3, -0.25) is 9.69 Å². The molecule has 5 rings (SSSR count). The monoisotopic (exact) mass is 530 g/mol. The molecule has 1 amide bonds. The van der Waals surface area contributed by atoms with Crippen LogP contribution in [0.25, 0.3) is 6.08 Å². The van der Waals surface area contributed by atoms with Gasteiger partial charge in [-0.25, -0.2) is 4.99 Å². The molecular weight excluding hydrogens is 511 g/mol. The van der Waals surface area contributed by atoms with Crippen molar-refractivity contribution in [3.8, 4) is 5.75 Å². The maximum atomic E-state index is 13.6. The number of benzene rings is 4. The number of aliphatic imine (C=N–C) groups is 1. The fourth-order valence-electron chi connectivity index (χ4n) is 3.63. The van der Waals surface area contributed by atoms with Gasteiger partial charge in [0.05, 0.1) is 16.3 Å². The van der Waals surface area contributed by atoms with E-state index in [0.717, 1.165) is 22.5 Å². The van der Waals surface area contributed by atoms with E-state index in [4.69, 9.17) is 32.9 Å². The van der Waals surface area contributed by atoms with E-state index in [1.54, 1.807) is 17.0 Å². The van der Waals surface area contributed by atoms with Crippen molar-refractivity contribution in [2.45, 2.75) is 6.61 Å². The van der Waals surface area contributed by atoms with Gasteiger partial charge in [0.2, 0.25) is 0 Å². The van der Waals surface area contributed by atoms with Crippen LogP contribution in [0, 0.1) is 0 Å². The van der Waals surface area contributed by atoms with Crippen LogP contribution in [-0.4, -0.2) is 11.1 Å². The van der Waals surface area contributed by atoms with Crippen molar-refractivity contribution in [2.24, 2.45) is 4.99 Å². The topological polar surface area (TPSA) is 41.9 Å². The van der Waals surface area contributed by atoms with E-state index in [0.29, 0.717) is 25.9 Å². The number of halogens is 2. The summed E-state index contributed by atoms with van der Waals surface area (Å²) in [6.07, 6.45) is 1.84. The molecular formula is C29H20Cl2N2O2S. The molecule has 4 aromatic carbocycles. The zero-order valence-corrected chi connectivity index (χ0v) is 21.3. The normalized spacial score (nSPS) is 15.6. The van der Waals surface area contributed by atoms with Crippen LogP contribution in [0.5, 0.6) is 5.75 Å². The number of anilines is 1. The van der Waals surface area contributed by atoms with E-state index in [-0.39, 0.29) is 12.5 Å². The van der Waals surface area contributed by atoms with E-state index in [9.17, 15) is 4.79 Å². The number of carbonyl (C=O) groups is 1. The average Bonchev–Trinajstić information content (AvgIpc) is 3.19. The number of nitrogens with zero attached hydrogens (tertiary/aromatic N) is 2. The molecule has 0 aromatic heterocycles. The number of carbonyl (C=O) groups excluding carboxylic acids is 1. The van der Waals surface area contributed by atoms with Gasteiger partial charge in [-0.2, -0.15) is 0 Å². The summed E-state index contributed by atoms with van der Waals surface area (Å²) in [6, 6.07) is 32.0. The summed E-state index contributed by atoms with van der Waals surface area (Å²) in [5.41, 5.74) is 3.14. The average molecular weight is 531 g/mol. The summed E-state index contributed by atoms with van der Waals surface area (Å²) in [5.74, 6) is 0.501. The van der Waals surface area contributed by atoms with Crippen LogP contribution >= 0.6 is 35.0 Å². The van der Waals surface area contributed by atoms with Gasteiger partial charge < -0.3 is 4.74 Å². The minimum Gasteiger partial charge on any atom is -0.488 e. The van der Waals surface area contributed by atoms with Crippen LogP contribution in [0.3, 0.4) is 0 Å². The molecule has 0 radical (unpaired) electrons. The highest BCUT2D eigenvalue weighted by molar-refractivity contribution is 8.19. The van der Waals surface area contributed by atoms with Gasteiger partial charge in [0.1, 0.15) is 12.4 Å². The molecule has 1 fully saturated rings. The van der Waals surface area contributed by atoms with Gasteiger partial charge >= 0.3 is 0 Å². The Morgan fingerprint density at radius 1 is 0.861 bits per heavy atom. The largest absolute Gasteiger partial charge is 0.488 e. The van der Waals surface area contributed by atoms with Gasteiger partial charge in [0, 0.05) is 21.2 Å². The molecule has 0 atom stereocenters. The molecule has 7 heteroatoms. The molecule has 0 unspecified atom stereocenters. The first-order valence-electron chi connectivity index (χ1n) is 11.2. The first-order chi connectivity index (χ1) is 17.6. The number of hydrogen-bond acceptors (Lipinski definition) is 4. The van der Waals surface area contributed by atoms with Gasteiger partial charge in [0.15, 0.2) is 5.17 Å². The lowest BCUT2D eigenvalue weighted by molar-refractivity contribution is -0.113. The molecule has 1 aliphatic rings. The molecule has 1 saturated heterocycles. The second kappa shape index (κ2) is 11.0. The zero-order chi connectivity index (χ0) is 24.9. The summed E-state index contributed by atoms with van der Waals surface area (Å²) in [5, 5.41) is 1.71. The number of ether oxygens (including phenoxy) is 1. The fraction of sp³-hybridized carbons (Fsp3) is 0.0345. The van der Waals surface area contributed by atoms with Crippen LogP contribution in [0.15, 0.2) is 113 Å². The number of amides is 1. The van der Waals surface area contributed by atoms with E-state index >= 15 is 0 Å². The molecule has 0 N–H and O–H groups in total. The van der Waals surface area contributed by atoms with Gasteiger partial charge in [-0.1, -0.05) is 83.9 Å². The van der Waals surface area contributed by atoms with Crippen LogP contribution in [0.2, 0.25) is 10.0 Å². The second-order valence-electron chi connectivity index (χ2n) is 7.88. The molecule has 0 bridgehead atoms. The molecule has 0 aliphatic carbocycles. The van der Waals surface area contributed by atoms with Gasteiger partial charge in [-0.05, 0) is 60.3 Å². The Kier molecular flexibility index (Phi) is 7.42. The van der Waals surface area contributed by atoms with E-state index in [1.807, 2.05) is 97.1 Å². The van der Waals surface area contributed by atoms with Crippen molar-refractivity contribution in [1.82, 2.24) is 0 Å². The lowest BCUT2D eigenvalue weighted by Gasteiger charge is -2.15. The Morgan fingerprint density at radius 2 is 1.56 bits per heavy atom. The van der Waals surface area contributed by atoms with E-state index in [2.05, 4.69) is 0 Å². The maximum absolute atomic E-state index is 13.6. The summed E-state index contributed by atoms with van der Waals surface area (Å²) in [4.78, 5) is 20.5. The van der Waals surface area contributed by atoms with Crippen molar-refractivity contribution >= 4 is 63.5 Å². The third kappa shape index (κ3) is 5.49. The van der Waals surface area contributed by atoms with Gasteiger partial charge in [0.25, 0.3) is 5.91 Å². The first kappa shape index (κ1) is 24.2. The van der Waals surface area contributed by atoms with Crippen LogP contribution in [0.4, 0.5) is 11.4 Å². The standard InChI is InChI=1S/C29H20Cl2N2O2S/c30-22-16-15-21(25(31)18-22)19-35-26-14-8-7-9-20(26)17-27-28(34)33(24-12-5-2-6-13-24)29(36-27)32-23-10-3-1-4-11-23/h1-18H,19H2. The Hall–Kier alpha value is -3.51. The highest BCUT2D eigenvalue weighted by atomic mass is 35.5. The Bertz CT molecular complexity index is 1460. The first-order valence-corrected chi connectivity index (χ1v) is 12.7. The lowest BCUT2D eigenvalue weighted by atomic mass is 10.1. The third-order valence-electron chi connectivity index (χ3n) is 5.41. The third-order valence-corrected chi connectivity index (χ3v) is 6.96. The number of rotatable bonds is 6. The minimum atomic E-state index is -0.142. The summed E-state index contributed by atoms with van der Waals surface area (Å²) in [7, 11) is 0. The fourth-order valence-corrected chi connectivity index (χ4v) is 5.09. The lowest BCUT2D eigenvalue weighted by Crippen LogP contribution is -2.28. The van der Waals surface area contributed by atoms with Crippen molar-refractivity contribution in [3.05, 3.63) is 129 Å². The molecule has 178 valence electrons. The predicted octanol–water partition coefficient (Wildman–Crippen LogP) is 8.38. The molecule has 1 aliphatic heterocycles. The molecule has 4 nitrogen and oxygen atoms in total. The number of thioether (sulfide) groups is 1. The smallest absolute Gasteiger partial charge is 0.271 e. The molecule has 4 aromatic rings. The minimum absolute atomic E-state index is 0.142. The zero-order valence-electron chi connectivity index (χ0n) is 19.0. The Balaban J connectivity index is 1.47. The molecule has 36 heavy (non-hydrogen) atoms. The highest BCUT2D eigenvalue weighted by Gasteiger charge is 2.34. The number of amidine groups is 1. The van der Waals surface area contributed by atoms with Crippen molar-refractivity contribution in [3.63, 3.8) is 0 Å². The Morgan fingerprint density at radius 3 is 2.31 bits per heavy atom. The van der Waals surface area contributed by atoms with Crippen LogP contribution in [0.1, 0.15) is 11.1 Å². The number of para-hydroxylation sites is 3. The van der Waals surface area contributed by atoms with Gasteiger partial charge in [-0.15, -0.1) is 0 Å².